The zero-order valence-electron chi connectivity index (χ0n) is 12.4. The highest BCUT2D eigenvalue weighted by atomic mass is 19.1. The summed E-state index contributed by atoms with van der Waals surface area (Å²) in [6, 6.07) is 4.64. The molecular weight excluding hydrogens is 271 g/mol. The third-order valence-electron chi connectivity index (χ3n) is 3.34. The quantitative estimate of drug-likeness (QED) is 0.855. The van der Waals surface area contributed by atoms with E-state index in [9.17, 15) is 9.18 Å². The lowest BCUT2D eigenvalue weighted by Crippen LogP contribution is -2.20. The van der Waals surface area contributed by atoms with E-state index >= 15 is 0 Å². The second-order valence-electron chi connectivity index (χ2n) is 5.26. The molecule has 1 aromatic carbocycles. The molecule has 1 aromatic heterocycles. The summed E-state index contributed by atoms with van der Waals surface area (Å²) in [4.78, 5) is 13.3. The number of nitrogens with zero attached hydrogens (tertiary/aromatic N) is 3. The van der Waals surface area contributed by atoms with Crippen LogP contribution < -0.4 is 5.73 Å². The first kappa shape index (κ1) is 15.2. The van der Waals surface area contributed by atoms with E-state index in [1.807, 2.05) is 19.0 Å². The Kier molecular flexibility index (Phi) is 4.37. The molecule has 5 nitrogen and oxygen atoms in total. The lowest BCUT2D eigenvalue weighted by atomic mass is 10.1. The van der Waals surface area contributed by atoms with Gasteiger partial charge in [-0.2, -0.15) is 5.10 Å². The highest BCUT2D eigenvalue weighted by Crippen LogP contribution is 2.27. The Morgan fingerprint density at radius 3 is 2.71 bits per heavy atom. The van der Waals surface area contributed by atoms with Crippen molar-refractivity contribution < 1.29 is 9.18 Å². The Hall–Kier alpha value is -2.21. The molecule has 2 N–H and O–H groups in total. The van der Waals surface area contributed by atoms with Crippen molar-refractivity contribution in [1.29, 1.82) is 0 Å². The lowest BCUT2D eigenvalue weighted by molar-refractivity contribution is 0.112. The summed E-state index contributed by atoms with van der Waals surface area (Å²) in [6.07, 6.45) is 0.697. The Labute approximate surface area is 123 Å². The van der Waals surface area contributed by atoms with Crippen molar-refractivity contribution in [2.24, 2.45) is 0 Å². The number of aldehydes is 1. The van der Waals surface area contributed by atoms with E-state index < -0.39 is 0 Å². The summed E-state index contributed by atoms with van der Waals surface area (Å²) >= 11 is 0. The molecule has 2 aromatic rings. The number of anilines is 1. The predicted molar refractivity (Wildman–Crippen MR) is 80.7 cm³/mol. The molecule has 21 heavy (non-hydrogen) atoms. The van der Waals surface area contributed by atoms with Gasteiger partial charge in [-0.05, 0) is 44.8 Å². The van der Waals surface area contributed by atoms with E-state index in [1.54, 1.807) is 23.7 Å². The molecular formula is C15H19FN4O. The third kappa shape index (κ3) is 3.11. The number of carbonyl (C=O) groups is 1. The summed E-state index contributed by atoms with van der Waals surface area (Å²) < 4.78 is 15.0. The van der Waals surface area contributed by atoms with E-state index in [2.05, 4.69) is 5.10 Å². The molecule has 0 saturated heterocycles. The van der Waals surface area contributed by atoms with Gasteiger partial charge < -0.3 is 10.6 Å². The standard InChI is InChI=1S/C15H19FN4O/c1-10-8-11(4-5-13(10)16)14-12(9-21)15(17)20(18-14)7-6-19(2)3/h4-5,8-9H,6-7,17H2,1-3H3. The van der Waals surface area contributed by atoms with E-state index in [-0.39, 0.29) is 5.82 Å². The zero-order valence-corrected chi connectivity index (χ0v) is 12.4. The summed E-state index contributed by atoms with van der Waals surface area (Å²) in [7, 11) is 3.90. The molecule has 0 aliphatic rings. The molecule has 0 amide bonds. The van der Waals surface area contributed by atoms with Crippen LogP contribution in [0.1, 0.15) is 15.9 Å². The minimum absolute atomic E-state index is 0.286. The topological polar surface area (TPSA) is 64.2 Å². The number of likely N-dealkylation sites (N-methyl/N-ethyl adjacent to an activating group) is 1. The van der Waals surface area contributed by atoms with E-state index in [0.29, 0.717) is 41.0 Å². The molecule has 0 aliphatic heterocycles. The minimum Gasteiger partial charge on any atom is -0.383 e. The fraction of sp³-hybridized carbons (Fsp3) is 0.333. The van der Waals surface area contributed by atoms with Gasteiger partial charge in [0.25, 0.3) is 0 Å². The molecule has 2 rings (SSSR count). The molecule has 0 fully saturated rings. The second-order valence-corrected chi connectivity index (χ2v) is 5.26. The number of hydrogen-bond acceptors (Lipinski definition) is 4. The van der Waals surface area contributed by atoms with Gasteiger partial charge in [0.2, 0.25) is 0 Å². The van der Waals surface area contributed by atoms with Gasteiger partial charge in [-0.1, -0.05) is 0 Å². The number of aryl methyl sites for hydroxylation is 1. The smallest absolute Gasteiger partial charge is 0.156 e. The van der Waals surface area contributed by atoms with Crippen LogP contribution in [0.5, 0.6) is 0 Å². The van der Waals surface area contributed by atoms with Crippen LogP contribution in [0.2, 0.25) is 0 Å². The molecule has 0 saturated carbocycles. The van der Waals surface area contributed by atoms with Crippen molar-refractivity contribution in [3.05, 3.63) is 35.1 Å². The minimum atomic E-state index is -0.286. The first-order chi connectivity index (χ1) is 9.93. The maximum absolute atomic E-state index is 13.4. The fourth-order valence-corrected chi connectivity index (χ4v) is 2.08. The number of rotatable bonds is 5. The molecule has 1 heterocycles. The first-order valence-corrected chi connectivity index (χ1v) is 6.66. The van der Waals surface area contributed by atoms with Gasteiger partial charge in [0.15, 0.2) is 6.29 Å². The van der Waals surface area contributed by atoms with Crippen LogP contribution in [0, 0.1) is 12.7 Å². The van der Waals surface area contributed by atoms with Gasteiger partial charge in [0.05, 0.1) is 12.1 Å². The molecule has 0 aliphatic carbocycles. The Morgan fingerprint density at radius 2 is 2.14 bits per heavy atom. The van der Waals surface area contributed by atoms with Gasteiger partial charge >= 0.3 is 0 Å². The number of benzene rings is 1. The Morgan fingerprint density at radius 1 is 1.43 bits per heavy atom. The monoisotopic (exact) mass is 290 g/mol. The van der Waals surface area contributed by atoms with Crippen LogP contribution in [0.25, 0.3) is 11.3 Å². The van der Waals surface area contributed by atoms with Gasteiger partial charge in [0, 0.05) is 12.1 Å². The number of hydrogen-bond donors (Lipinski definition) is 1. The molecule has 6 heteroatoms. The van der Waals surface area contributed by atoms with Gasteiger partial charge in [0.1, 0.15) is 17.3 Å². The number of carbonyl (C=O) groups excluding carboxylic acids is 1. The van der Waals surface area contributed by atoms with Crippen molar-refractivity contribution in [3.63, 3.8) is 0 Å². The van der Waals surface area contributed by atoms with Crippen LogP contribution >= 0.6 is 0 Å². The first-order valence-electron chi connectivity index (χ1n) is 6.66. The molecule has 0 radical (unpaired) electrons. The zero-order chi connectivity index (χ0) is 15.6. The van der Waals surface area contributed by atoms with Gasteiger partial charge in [-0.15, -0.1) is 0 Å². The highest BCUT2D eigenvalue weighted by molar-refractivity contribution is 5.91. The van der Waals surface area contributed by atoms with Crippen molar-refractivity contribution in [2.45, 2.75) is 13.5 Å². The van der Waals surface area contributed by atoms with Gasteiger partial charge in [-0.3, -0.25) is 4.79 Å². The van der Waals surface area contributed by atoms with Crippen LogP contribution in [0.15, 0.2) is 18.2 Å². The largest absolute Gasteiger partial charge is 0.383 e. The molecule has 112 valence electrons. The molecule has 0 unspecified atom stereocenters. The van der Waals surface area contributed by atoms with Crippen LogP contribution in [-0.2, 0) is 6.54 Å². The van der Waals surface area contributed by atoms with Crippen LogP contribution in [-0.4, -0.2) is 41.6 Å². The van der Waals surface area contributed by atoms with Crippen LogP contribution in [0.3, 0.4) is 0 Å². The van der Waals surface area contributed by atoms with Gasteiger partial charge in [-0.25, -0.2) is 9.07 Å². The van der Waals surface area contributed by atoms with Crippen molar-refractivity contribution >= 4 is 12.1 Å². The number of aromatic nitrogens is 2. The number of nitrogens with two attached hydrogens (primary N) is 1. The molecule has 0 atom stereocenters. The maximum atomic E-state index is 13.4. The van der Waals surface area contributed by atoms with Crippen LogP contribution in [0.4, 0.5) is 10.2 Å². The molecule has 0 spiro atoms. The average molecular weight is 290 g/mol. The fourth-order valence-electron chi connectivity index (χ4n) is 2.08. The summed E-state index contributed by atoms with van der Waals surface area (Å²) in [6.45, 7) is 3.01. The van der Waals surface area contributed by atoms with E-state index in [0.717, 1.165) is 6.54 Å². The Balaban J connectivity index is 2.45. The highest BCUT2D eigenvalue weighted by Gasteiger charge is 2.17. The molecule has 0 bridgehead atoms. The van der Waals surface area contributed by atoms with Crippen molar-refractivity contribution in [2.75, 3.05) is 26.4 Å². The van der Waals surface area contributed by atoms with E-state index in [4.69, 9.17) is 5.73 Å². The average Bonchev–Trinajstić information content (AvgIpc) is 2.76. The summed E-state index contributed by atoms with van der Waals surface area (Å²) in [5.41, 5.74) is 8.01. The third-order valence-corrected chi connectivity index (χ3v) is 3.34. The normalized spacial score (nSPS) is 11.1. The number of nitrogen functional groups attached to an aromatic ring is 1. The van der Waals surface area contributed by atoms with Crippen molar-refractivity contribution in [1.82, 2.24) is 14.7 Å². The maximum Gasteiger partial charge on any atom is 0.156 e. The summed E-state index contributed by atoms with van der Waals surface area (Å²) in [5, 5.41) is 4.40. The van der Waals surface area contributed by atoms with E-state index in [1.165, 1.54) is 6.07 Å². The number of halogens is 1. The van der Waals surface area contributed by atoms with Crippen molar-refractivity contribution in [3.8, 4) is 11.3 Å². The second kappa shape index (κ2) is 6.05. The summed E-state index contributed by atoms with van der Waals surface area (Å²) in [5.74, 6) is 0.0512. The SMILES string of the molecule is Cc1cc(-c2nn(CCN(C)C)c(N)c2C=O)ccc1F. The Bertz CT molecular complexity index is 664. The lowest BCUT2D eigenvalue weighted by Gasteiger charge is -2.10. The predicted octanol–water partition coefficient (Wildman–Crippen LogP) is 1.95.